The fourth-order valence-corrected chi connectivity index (χ4v) is 0.993. The van der Waals surface area contributed by atoms with Crippen LogP contribution in [0.15, 0.2) is 18.3 Å². The molecule has 0 aliphatic carbocycles. The number of carboxylic acids is 1. The van der Waals surface area contributed by atoms with Crippen molar-refractivity contribution >= 4 is 24.1 Å². The minimum absolute atomic E-state index is 0.0648. The first-order valence-electron chi connectivity index (χ1n) is 4.24. The summed E-state index contributed by atoms with van der Waals surface area (Å²) >= 11 is 0. The maximum Gasteiger partial charge on any atom is 0.337 e. The molecular formula is C10H10N2O3. The maximum absolute atomic E-state index is 10.6. The Balaban J connectivity index is 3.00. The molecule has 0 spiro atoms. The predicted octanol–water partition coefficient (Wildman–Crippen LogP) is 0.964. The highest BCUT2D eigenvalue weighted by Crippen LogP contribution is 2.12. The molecule has 0 aliphatic rings. The molecule has 0 bridgehead atoms. The van der Waals surface area contributed by atoms with Crippen LogP contribution in [0.1, 0.15) is 22.3 Å². The Bertz CT molecular complexity index is 413. The van der Waals surface area contributed by atoms with E-state index in [1.54, 1.807) is 12.2 Å². The molecule has 0 saturated heterocycles. The molecule has 0 saturated carbocycles. The van der Waals surface area contributed by atoms with Gasteiger partial charge in [-0.1, -0.05) is 12.2 Å². The summed E-state index contributed by atoms with van der Waals surface area (Å²) in [7, 11) is 0. The molecule has 5 nitrogen and oxygen atoms in total. The number of allylic oxidation sites excluding steroid dienone is 1. The third-order valence-electron chi connectivity index (χ3n) is 1.73. The third kappa shape index (κ3) is 2.91. The number of nitrogens with two attached hydrogens (primary N) is 1. The van der Waals surface area contributed by atoms with Crippen LogP contribution in [-0.4, -0.2) is 22.3 Å². The second kappa shape index (κ2) is 4.90. The van der Waals surface area contributed by atoms with Crippen LogP contribution in [0.25, 0.3) is 6.08 Å². The zero-order valence-electron chi connectivity index (χ0n) is 7.88. The number of pyridine rings is 1. The molecule has 0 aliphatic heterocycles. The smallest absolute Gasteiger partial charge is 0.337 e. The van der Waals surface area contributed by atoms with Crippen molar-refractivity contribution in [2.45, 2.75) is 6.42 Å². The standard InChI is InChI=1S/C10H10N2O3/c11-9-7(3-1-2-4-13)5-8(6-12-9)10(14)15/h1,3-6H,2H2,(H2,11,12)(H,14,15). The highest BCUT2D eigenvalue weighted by Gasteiger charge is 2.05. The van der Waals surface area contributed by atoms with Gasteiger partial charge in [0.05, 0.1) is 5.56 Å². The quantitative estimate of drug-likeness (QED) is 0.716. The third-order valence-corrected chi connectivity index (χ3v) is 1.73. The fourth-order valence-electron chi connectivity index (χ4n) is 0.993. The van der Waals surface area contributed by atoms with Crippen molar-refractivity contribution in [1.82, 2.24) is 4.98 Å². The molecule has 1 rings (SSSR count). The number of carbonyl (C=O) groups is 2. The number of hydrogen-bond acceptors (Lipinski definition) is 4. The van der Waals surface area contributed by atoms with Gasteiger partial charge in [-0.05, 0) is 6.07 Å². The zero-order chi connectivity index (χ0) is 11.3. The van der Waals surface area contributed by atoms with Crippen molar-refractivity contribution < 1.29 is 14.7 Å². The van der Waals surface area contributed by atoms with Crippen molar-refractivity contribution in [3.63, 3.8) is 0 Å². The van der Waals surface area contributed by atoms with E-state index in [9.17, 15) is 9.59 Å². The lowest BCUT2D eigenvalue weighted by Gasteiger charge is -2.00. The molecule has 5 heteroatoms. The molecule has 0 radical (unpaired) electrons. The van der Waals surface area contributed by atoms with Gasteiger partial charge in [-0.25, -0.2) is 9.78 Å². The average Bonchev–Trinajstić information content (AvgIpc) is 2.20. The van der Waals surface area contributed by atoms with Crippen molar-refractivity contribution in [2.24, 2.45) is 0 Å². The molecule has 1 heterocycles. The molecular weight excluding hydrogens is 196 g/mol. The van der Waals surface area contributed by atoms with Crippen molar-refractivity contribution in [2.75, 3.05) is 5.73 Å². The van der Waals surface area contributed by atoms with E-state index in [1.807, 2.05) is 0 Å². The number of aldehydes is 1. The monoisotopic (exact) mass is 206 g/mol. The molecule has 1 aromatic heterocycles. The summed E-state index contributed by atoms with van der Waals surface area (Å²) in [4.78, 5) is 24.4. The summed E-state index contributed by atoms with van der Waals surface area (Å²) in [5, 5.41) is 8.71. The van der Waals surface area contributed by atoms with Gasteiger partial charge in [0.1, 0.15) is 12.1 Å². The van der Waals surface area contributed by atoms with E-state index in [-0.39, 0.29) is 17.8 Å². The normalized spacial score (nSPS) is 10.4. The molecule has 3 N–H and O–H groups in total. The molecule has 0 amide bonds. The van der Waals surface area contributed by atoms with Crippen molar-refractivity contribution in [1.29, 1.82) is 0 Å². The highest BCUT2D eigenvalue weighted by molar-refractivity contribution is 5.88. The lowest BCUT2D eigenvalue weighted by molar-refractivity contribution is -0.107. The van der Waals surface area contributed by atoms with Crippen molar-refractivity contribution in [3.8, 4) is 0 Å². The highest BCUT2D eigenvalue weighted by atomic mass is 16.4. The Hall–Kier alpha value is -2.17. The fraction of sp³-hybridized carbons (Fsp3) is 0.100. The molecule has 0 fully saturated rings. The molecule has 0 aromatic carbocycles. The number of anilines is 1. The summed E-state index contributed by atoms with van der Waals surface area (Å²) in [6, 6.07) is 1.41. The van der Waals surface area contributed by atoms with Crippen LogP contribution in [0.5, 0.6) is 0 Å². The van der Waals surface area contributed by atoms with Crippen LogP contribution in [0.4, 0.5) is 5.82 Å². The Kier molecular flexibility index (Phi) is 3.56. The zero-order valence-corrected chi connectivity index (χ0v) is 7.88. The Labute approximate surface area is 86.2 Å². The average molecular weight is 206 g/mol. The molecule has 78 valence electrons. The minimum Gasteiger partial charge on any atom is -0.478 e. The second-order valence-corrected chi connectivity index (χ2v) is 2.81. The van der Waals surface area contributed by atoms with E-state index >= 15 is 0 Å². The molecule has 1 aromatic rings. The van der Waals surface area contributed by atoms with Gasteiger partial charge in [0.15, 0.2) is 0 Å². The van der Waals surface area contributed by atoms with Crippen molar-refractivity contribution in [3.05, 3.63) is 29.5 Å². The topological polar surface area (TPSA) is 93.3 Å². The number of nitrogens with zero attached hydrogens (tertiary/aromatic N) is 1. The van der Waals surface area contributed by atoms with Crippen LogP contribution in [0, 0.1) is 0 Å². The summed E-state index contributed by atoms with van der Waals surface area (Å²) < 4.78 is 0. The van der Waals surface area contributed by atoms with Crippen LogP contribution in [0.2, 0.25) is 0 Å². The molecule has 15 heavy (non-hydrogen) atoms. The van der Waals surface area contributed by atoms with Gasteiger partial charge < -0.3 is 15.6 Å². The number of aromatic carboxylic acids is 1. The number of rotatable bonds is 4. The lowest BCUT2D eigenvalue weighted by Crippen LogP contribution is -2.01. The van der Waals surface area contributed by atoms with E-state index in [0.717, 1.165) is 6.29 Å². The van der Waals surface area contributed by atoms with Crippen LogP contribution in [0.3, 0.4) is 0 Å². The maximum atomic E-state index is 10.6. The largest absolute Gasteiger partial charge is 0.478 e. The summed E-state index contributed by atoms with van der Waals surface area (Å²) in [5.41, 5.74) is 6.09. The summed E-state index contributed by atoms with van der Waals surface area (Å²) in [6.45, 7) is 0. The van der Waals surface area contributed by atoms with Gasteiger partial charge in [-0.2, -0.15) is 0 Å². The van der Waals surface area contributed by atoms with Gasteiger partial charge in [-0.15, -0.1) is 0 Å². The summed E-state index contributed by atoms with van der Waals surface area (Å²) in [6.07, 6.45) is 5.35. The number of aromatic nitrogens is 1. The van der Waals surface area contributed by atoms with E-state index in [4.69, 9.17) is 10.8 Å². The Morgan fingerprint density at radius 2 is 2.33 bits per heavy atom. The van der Waals surface area contributed by atoms with E-state index in [2.05, 4.69) is 4.98 Å². The van der Waals surface area contributed by atoms with Crippen LogP contribution < -0.4 is 5.73 Å². The number of nitrogen functional groups attached to an aromatic ring is 1. The van der Waals surface area contributed by atoms with Crippen LogP contribution >= 0.6 is 0 Å². The number of carbonyl (C=O) groups excluding carboxylic acids is 1. The Morgan fingerprint density at radius 3 is 2.93 bits per heavy atom. The van der Waals surface area contributed by atoms with Gasteiger partial charge >= 0.3 is 5.97 Å². The Morgan fingerprint density at radius 1 is 1.60 bits per heavy atom. The first-order chi connectivity index (χ1) is 7.15. The summed E-state index contributed by atoms with van der Waals surface area (Å²) in [5.74, 6) is -0.824. The van der Waals surface area contributed by atoms with Gasteiger partial charge in [0, 0.05) is 18.2 Å². The van der Waals surface area contributed by atoms with E-state index in [0.29, 0.717) is 5.56 Å². The van der Waals surface area contributed by atoms with Gasteiger partial charge in [0.2, 0.25) is 0 Å². The SMILES string of the molecule is Nc1ncc(C(=O)O)cc1C=CCC=O. The molecule has 0 atom stereocenters. The number of carboxylic acid groups (broad SMARTS) is 1. The lowest BCUT2D eigenvalue weighted by atomic mass is 10.1. The molecule has 0 unspecified atom stereocenters. The number of hydrogen-bond donors (Lipinski definition) is 2. The first-order valence-corrected chi connectivity index (χ1v) is 4.24. The van der Waals surface area contributed by atoms with E-state index in [1.165, 1.54) is 12.3 Å². The van der Waals surface area contributed by atoms with Gasteiger partial charge in [0.25, 0.3) is 0 Å². The first kappa shape index (κ1) is 10.9. The van der Waals surface area contributed by atoms with Gasteiger partial charge in [-0.3, -0.25) is 0 Å². The minimum atomic E-state index is -1.06. The predicted molar refractivity (Wildman–Crippen MR) is 55.3 cm³/mol. The van der Waals surface area contributed by atoms with E-state index < -0.39 is 5.97 Å². The van der Waals surface area contributed by atoms with Crippen LogP contribution in [-0.2, 0) is 4.79 Å². The second-order valence-electron chi connectivity index (χ2n) is 2.81.